The fourth-order valence-electron chi connectivity index (χ4n) is 1.30. The molecule has 1 nitrogen and oxygen atoms in total. The first-order valence-electron chi connectivity index (χ1n) is 4.30. The molecule has 13 heavy (non-hydrogen) atoms. The molecule has 0 bridgehead atoms. The summed E-state index contributed by atoms with van der Waals surface area (Å²) in [5.74, 6) is 0. The molecule has 70 valence electrons. The van der Waals surface area contributed by atoms with Crippen LogP contribution in [0.5, 0.6) is 0 Å². The molecule has 0 saturated heterocycles. The molecule has 0 aromatic heterocycles. The van der Waals surface area contributed by atoms with E-state index in [1.807, 2.05) is 12.1 Å². The molecule has 0 aliphatic heterocycles. The van der Waals surface area contributed by atoms with Crippen LogP contribution in [0.1, 0.15) is 17.5 Å². The van der Waals surface area contributed by atoms with Crippen molar-refractivity contribution in [2.24, 2.45) is 5.73 Å². The van der Waals surface area contributed by atoms with Crippen LogP contribution in [0.3, 0.4) is 0 Å². The van der Waals surface area contributed by atoms with Crippen LogP contribution in [0.2, 0.25) is 0 Å². The monoisotopic (exact) mass is 239 g/mol. The Morgan fingerprint density at radius 1 is 1.54 bits per heavy atom. The molecule has 1 rings (SSSR count). The van der Waals surface area contributed by atoms with Crippen molar-refractivity contribution in [2.45, 2.75) is 13.3 Å². The molecule has 2 heteroatoms. The second-order valence-electron chi connectivity index (χ2n) is 3.05. The lowest BCUT2D eigenvalue weighted by Crippen LogP contribution is -2.00. The smallest absolute Gasteiger partial charge is 0.0210 e. The maximum absolute atomic E-state index is 5.48. The molecule has 1 aromatic rings. The third-order valence-electron chi connectivity index (χ3n) is 2.09. The Morgan fingerprint density at radius 2 is 2.23 bits per heavy atom. The van der Waals surface area contributed by atoms with Crippen LogP contribution in [-0.2, 0) is 0 Å². The number of benzene rings is 1. The molecule has 0 aliphatic carbocycles. The summed E-state index contributed by atoms with van der Waals surface area (Å²) in [6.07, 6.45) is 0.858. The minimum atomic E-state index is 0.658. The predicted molar refractivity (Wildman–Crippen MR) is 61.6 cm³/mol. The molecule has 0 saturated carbocycles. The van der Waals surface area contributed by atoms with Gasteiger partial charge in [0.15, 0.2) is 0 Å². The third kappa shape index (κ3) is 2.42. The van der Waals surface area contributed by atoms with Gasteiger partial charge in [0.05, 0.1) is 0 Å². The van der Waals surface area contributed by atoms with E-state index < -0.39 is 0 Å². The van der Waals surface area contributed by atoms with Crippen LogP contribution in [-0.4, -0.2) is 6.54 Å². The Kier molecular flexibility index (Phi) is 3.70. The molecule has 0 amide bonds. The first-order chi connectivity index (χ1) is 6.16. The van der Waals surface area contributed by atoms with Gasteiger partial charge in [-0.1, -0.05) is 34.6 Å². The quantitative estimate of drug-likeness (QED) is 0.863. The van der Waals surface area contributed by atoms with E-state index in [9.17, 15) is 0 Å². The number of hydrogen-bond acceptors (Lipinski definition) is 1. The van der Waals surface area contributed by atoms with Crippen LogP contribution in [0.4, 0.5) is 0 Å². The SMILES string of the molecule is C=C(CCN)c1cccc(Br)c1C. The second kappa shape index (κ2) is 4.58. The van der Waals surface area contributed by atoms with E-state index in [-0.39, 0.29) is 0 Å². The first kappa shape index (κ1) is 10.5. The number of rotatable bonds is 3. The van der Waals surface area contributed by atoms with Gasteiger partial charge in [0.2, 0.25) is 0 Å². The molecule has 0 heterocycles. The molecular formula is C11H14BrN. The zero-order chi connectivity index (χ0) is 9.84. The van der Waals surface area contributed by atoms with Gasteiger partial charge in [0.25, 0.3) is 0 Å². The summed E-state index contributed by atoms with van der Waals surface area (Å²) in [6, 6.07) is 6.14. The van der Waals surface area contributed by atoms with Crippen molar-refractivity contribution in [1.29, 1.82) is 0 Å². The maximum atomic E-state index is 5.48. The number of hydrogen-bond donors (Lipinski definition) is 1. The van der Waals surface area contributed by atoms with Crippen LogP contribution >= 0.6 is 15.9 Å². The maximum Gasteiger partial charge on any atom is 0.0210 e. The molecule has 0 atom stereocenters. The van der Waals surface area contributed by atoms with Gasteiger partial charge in [-0.05, 0) is 42.7 Å². The standard InChI is InChI=1S/C11H14BrN/c1-8(6-7-13)10-4-3-5-11(12)9(10)2/h3-5H,1,6-7,13H2,2H3. The Bertz CT molecular complexity index is 318. The summed E-state index contributed by atoms with van der Waals surface area (Å²) in [5.41, 5.74) is 9.04. The highest BCUT2D eigenvalue weighted by Crippen LogP contribution is 2.25. The van der Waals surface area contributed by atoms with Gasteiger partial charge in [0.1, 0.15) is 0 Å². The van der Waals surface area contributed by atoms with Gasteiger partial charge in [-0.2, -0.15) is 0 Å². The fraction of sp³-hybridized carbons (Fsp3) is 0.273. The van der Waals surface area contributed by atoms with Crippen LogP contribution < -0.4 is 5.73 Å². The topological polar surface area (TPSA) is 26.0 Å². The number of nitrogens with two attached hydrogens (primary N) is 1. The van der Waals surface area contributed by atoms with Crippen LogP contribution in [0.15, 0.2) is 29.3 Å². The van der Waals surface area contributed by atoms with Gasteiger partial charge < -0.3 is 5.73 Å². The summed E-state index contributed by atoms with van der Waals surface area (Å²) < 4.78 is 1.13. The summed E-state index contributed by atoms with van der Waals surface area (Å²) in [7, 11) is 0. The highest BCUT2D eigenvalue weighted by molar-refractivity contribution is 9.10. The Hall–Kier alpha value is -0.600. The Morgan fingerprint density at radius 3 is 2.85 bits per heavy atom. The van der Waals surface area contributed by atoms with E-state index in [0.29, 0.717) is 6.54 Å². The van der Waals surface area contributed by atoms with E-state index in [0.717, 1.165) is 16.5 Å². The molecule has 1 aromatic carbocycles. The highest BCUT2D eigenvalue weighted by Gasteiger charge is 2.03. The molecular weight excluding hydrogens is 226 g/mol. The normalized spacial score (nSPS) is 10.1. The molecule has 0 spiro atoms. The van der Waals surface area contributed by atoms with Gasteiger partial charge in [0, 0.05) is 4.47 Å². The van der Waals surface area contributed by atoms with E-state index in [4.69, 9.17) is 5.73 Å². The van der Waals surface area contributed by atoms with Crippen molar-refractivity contribution >= 4 is 21.5 Å². The average Bonchev–Trinajstić information content (AvgIpc) is 2.10. The van der Waals surface area contributed by atoms with Crippen molar-refractivity contribution in [3.8, 4) is 0 Å². The minimum absolute atomic E-state index is 0.658. The second-order valence-corrected chi connectivity index (χ2v) is 3.91. The van der Waals surface area contributed by atoms with Crippen LogP contribution in [0.25, 0.3) is 5.57 Å². The molecule has 0 radical (unpaired) electrons. The molecule has 2 N–H and O–H groups in total. The molecule has 0 unspecified atom stereocenters. The lowest BCUT2D eigenvalue weighted by Gasteiger charge is -2.09. The largest absolute Gasteiger partial charge is 0.330 e. The van der Waals surface area contributed by atoms with Crippen molar-refractivity contribution in [3.05, 3.63) is 40.4 Å². The lowest BCUT2D eigenvalue weighted by atomic mass is 10.00. The summed E-state index contributed by atoms with van der Waals surface area (Å²) in [4.78, 5) is 0. The highest BCUT2D eigenvalue weighted by atomic mass is 79.9. The molecule has 0 aliphatic rings. The summed E-state index contributed by atoms with van der Waals surface area (Å²) in [5, 5.41) is 0. The van der Waals surface area contributed by atoms with Gasteiger partial charge >= 0.3 is 0 Å². The van der Waals surface area contributed by atoms with Crippen molar-refractivity contribution in [3.63, 3.8) is 0 Å². The predicted octanol–water partition coefficient (Wildman–Crippen LogP) is 3.12. The first-order valence-corrected chi connectivity index (χ1v) is 5.09. The Balaban J connectivity index is 3.01. The van der Waals surface area contributed by atoms with Gasteiger partial charge in [-0.15, -0.1) is 0 Å². The zero-order valence-electron chi connectivity index (χ0n) is 7.81. The fourth-order valence-corrected chi connectivity index (χ4v) is 1.67. The summed E-state index contributed by atoms with van der Waals surface area (Å²) >= 11 is 3.49. The number of halogens is 1. The van der Waals surface area contributed by atoms with E-state index in [1.165, 1.54) is 11.1 Å². The zero-order valence-corrected chi connectivity index (χ0v) is 9.39. The lowest BCUT2D eigenvalue weighted by molar-refractivity contribution is 1.02. The summed E-state index contributed by atoms with van der Waals surface area (Å²) in [6.45, 7) is 6.76. The Labute approximate surface area is 87.8 Å². The van der Waals surface area contributed by atoms with E-state index in [1.54, 1.807) is 0 Å². The van der Waals surface area contributed by atoms with Crippen molar-refractivity contribution in [2.75, 3.05) is 6.54 Å². The van der Waals surface area contributed by atoms with E-state index >= 15 is 0 Å². The van der Waals surface area contributed by atoms with E-state index in [2.05, 4.69) is 35.5 Å². The van der Waals surface area contributed by atoms with Crippen molar-refractivity contribution < 1.29 is 0 Å². The van der Waals surface area contributed by atoms with Crippen LogP contribution in [0, 0.1) is 6.92 Å². The van der Waals surface area contributed by atoms with Crippen molar-refractivity contribution in [1.82, 2.24) is 0 Å². The molecule has 0 fully saturated rings. The average molecular weight is 240 g/mol. The third-order valence-corrected chi connectivity index (χ3v) is 2.95. The van der Waals surface area contributed by atoms with Gasteiger partial charge in [-0.3, -0.25) is 0 Å². The minimum Gasteiger partial charge on any atom is -0.330 e. The van der Waals surface area contributed by atoms with Gasteiger partial charge in [-0.25, -0.2) is 0 Å².